The molecule has 3 N–H and O–H groups in total. The largest absolute Gasteiger partial charge is 0.466 e. The summed E-state index contributed by atoms with van der Waals surface area (Å²) in [5, 5.41) is 28.4. The maximum Gasteiger partial charge on any atom is 0.306 e. The molecule has 0 aromatic carbocycles. The third-order valence-electron chi connectivity index (χ3n) is 26.4. The van der Waals surface area contributed by atoms with E-state index in [1.165, 1.54) is 186 Å². The fraction of sp³-hybridized carbons (Fsp3) is 0.883. The minimum absolute atomic E-state index is 0.00912. The lowest BCUT2D eigenvalue weighted by Gasteiger charge is -2.21. The van der Waals surface area contributed by atoms with Crippen LogP contribution in [-0.4, -0.2) is 183 Å². The number of esters is 6. The lowest BCUT2D eigenvalue weighted by molar-refractivity contribution is -0.150. The molecule has 0 aromatic heterocycles. The van der Waals surface area contributed by atoms with Crippen molar-refractivity contribution in [2.45, 2.75) is 588 Å². The minimum Gasteiger partial charge on any atom is -0.466 e. The van der Waals surface area contributed by atoms with E-state index in [-0.39, 0.29) is 73.9 Å². The molecule has 0 fully saturated rings. The number of unbranched alkanes of at least 4 members (excludes halogenated alkanes) is 50. The van der Waals surface area contributed by atoms with Gasteiger partial charge in [0, 0.05) is 58.2 Å². The third kappa shape index (κ3) is 110. The number of allylic oxidation sites excluding steroid dienone is 8. The summed E-state index contributed by atoms with van der Waals surface area (Å²) in [6.07, 6.45) is 104. The van der Waals surface area contributed by atoms with Gasteiger partial charge in [0.2, 0.25) is 0 Å². The van der Waals surface area contributed by atoms with Gasteiger partial charge in [-0.15, -0.1) is 0 Å². The van der Waals surface area contributed by atoms with Crippen LogP contribution < -0.4 is 0 Å². The second-order valence-corrected chi connectivity index (χ2v) is 39.7. The SMILES string of the molecule is CCCC/C=C\CCC(CC/C=C\CCCC)OC(=O)CCCCCCCN(CCO)CCCCCC(=O)OCCCCCCCCCCC.CCCC/C=C\CCC(CC/C=C\CCCC)OC(=O)CCCCCCCN(CCO)CCCCCCCC(=O)OCCCCCCCCC.CCCCCCCCCOC(=O)CCCCCCCN(CCO)CCCCCCCC(=O)OC(CC)CC. The maximum absolute atomic E-state index is 12.6. The summed E-state index contributed by atoms with van der Waals surface area (Å²) in [5.41, 5.74) is 0. The highest BCUT2D eigenvalue weighted by Gasteiger charge is 2.18. The van der Waals surface area contributed by atoms with Crippen molar-refractivity contribution in [3.05, 3.63) is 48.6 Å². The number of carbonyl (C=O) groups excluding carboxylic acids is 6. The molecule has 0 aliphatic rings. The van der Waals surface area contributed by atoms with Crippen LogP contribution in [0.15, 0.2) is 48.6 Å². The monoisotopic (exact) mass is 1950 g/mol. The number of aliphatic hydroxyl groups excluding tert-OH is 3. The standard InChI is InChI=1S/2C44H83NO5.C32H63NO5/c1-4-7-10-13-16-25-32-41-49-43(47)35-28-21-17-23-30-37-45(39-40-46)38-31-24-18-22-29-36-44(48)50-42(33-26-19-14-11-8-5-2)34-27-20-15-12-9-6-3;1-4-7-10-13-16-17-18-24-32-41-49-43(47)35-29-25-31-38-45(39-40-46)37-30-23-19-22-28-36-44(48)50-42(33-26-20-14-11-8-5-2)34-27-21-15-12-9-6-3;1-4-7-8-9-10-17-22-29-37-31(35)23-18-13-11-15-20-25-33(27-28-34)26-21-16-12-14-19-24-32(36)38-30(5-2)6-3/h14-15,19-20,42,46H,4-13,16-18,21-41H2,1-3H3;14-15,20-21,42,46H,4-13,16-19,22-41H2,1-3H3;30,34H,4-29H2,1-3H3/b19-14-,20-15-;20-14-,21-15-;. The van der Waals surface area contributed by atoms with Crippen molar-refractivity contribution in [2.75, 3.05) is 98.5 Å². The molecule has 0 amide bonds. The molecule has 0 spiro atoms. The Labute approximate surface area is 853 Å². The Kier molecular flexibility index (Phi) is 117. The van der Waals surface area contributed by atoms with Crippen LogP contribution in [0.4, 0.5) is 0 Å². The van der Waals surface area contributed by atoms with Crippen molar-refractivity contribution in [1.82, 2.24) is 14.7 Å². The highest BCUT2D eigenvalue weighted by Crippen LogP contribution is 2.22. The van der Waals surface area contributed by atoms with Gasteiger partial charge in [-0.1, -0.05) is 393 Å². The molecule has 0 rings (SSSR count). The Morgan fingerprint density at radius 3 is 0.580 bits per heavy atom. The average molecular weight is 1950 g/mol. The molecule has 0 unspecified atom stereocenters. The number of carbonyl (C=O) groups is 6. The summed E-state index contributed by atoms with van der Waals surface area (Å²) >= 11 is 0. The second kappa shape index (κ2) is 118. The van der Waals surface area contributed by atoms with Crippen LogP contribution in [0.5, 0.6) is 0 Å². The summed E-state index contributed by atoms with van der Waals surface area (Å²) in [6, 6.07) is 0. The zero-order chi connectivity index (χ0) is 101. The Bertz CT molecular complexity index is 2590. The van der Waals surface area contributed by atoms with E-state index in [4.69, 9.17) is 28.4 Å². The predicted octanol–water partition coefficient (Wildman–Crippen LogP) is 32.4. The number of aliphatic hydroxyl groups is 3. The van der Waals surface area contributed by atoms with Gasteiger partial charge in [-0.25, -0.2) is 0 Å². The molecule has 18 heteroatoms. The zero-order valence-corrected chi connectivity index (χ0v) is 92.4. The summed E-state index contributed by atoms with van der Waals surface area (Å²) in [6.45, 7) is 30.3. The van der Waals surface area contributed by atoms with Crippen LogP contribution in [0.3, 0.4) is 0 Å². The van der Waals surface area contributed by atoms with Gasteiger partial charge in [-0.2, -0.15) is 0 Å². The van der Waals surface area contributed by atoms with Crippen molar-refractivity contribution >= 4 is 35.8 Å². The Morgan fingerprint density at radius 1 is 0.196 bits per heavy atom. The molecule has 0 aliphatic heterocycles. The van der Waals surface area contributed by atoms with E-state index in [1.54, 1.807) is 0 Å². The fourth-order valence-corrected chi connectivity index (χ4v) is 17.3. The summed E-state index contributed by atoms with van der Waals surface area (Å²) in [7, 11) is 0. The maximum atomic E-state index is 12.6. The molecule has 0 saturated heterocycles. The fourth-order valence-electron chi connectivity index (χ4n) is 17.3. The Hall–Kier alpha value is -4.46. The van der Waals surface area contributed by atoms with E-state index < -0.39 is 0 Å². The molecule has 0 atom stereocenters. The van der Waals surface area contributed by atoms with Crippen LogP contribution >= 0.6 is 0 Å². The quantitative estimate of drug-likeness (QED) is 0.0222. The molecule has 0 heterocycles. The first-order valence-electron chi connectivity index (χ1n) is 59.4. The Balaban J connectivity index is -0.00000200. The molecular weight excluding hydrogens is 1720 g/mol. The van der Waals surface area contributed by atoms with Crippen molar-refractivity contribution < 1.29 is 72.5 Å². The first kappa shape index (κ1) is 138. The Morgan fingerprint density at radius 2 is 0.370 bits per heavy atom. The van der Waals surface area contributed by atoms with Gasteiger partial charge in [-0.05, 0) is 225 Å². The first-order valence-corrected chi connectivity index (χ1v) is 59.4. The van der Waals surface area contributed by atoms with Crippen molar-refractivity contribution in [1.29, 1.82) is 0 Å². The highest BCUT2D eigenvalue weighted by molar-refractivity contribution is 5.71. The van der Waals surface area contributed by atoms with E-state index in [9.17, 15) is 44.1 Å². The van der Waals surface area contributed by atoms with E-state index in [0.29, 0.717) is 64.9 Å². The smallest absolute Gasteiger partial charge is 0.306 e. The van der Waals surface area contributed by atoms with Crippen LogP contribution in [-0.2, 0) is 57.2 Å². The van der Waals surface area contributed by atoms with Crippen molar-refractivity contribution in [2.24, 2.45) is 0 Å². The van der Waals surface area contributed by atoms with Crippen LogP contribution in [0.1, 0.15) is 570 Å². The normalized spacial score (nSPS) is 11.8. The molecular formula is C120H229N3O15. The highest BCUT2D eigenvalue weighted by atomic mass is 16.6. The van der Waals surface area contributed by atoms with E-state index in [2.05, 4.69) is 126 Å². The van der Waals surface area contributed by atoms with Crippen molar-refractivity contribution in [3.8, 4) is 0 Å². The lowest BCUT2D eigenvalue weighted by atomic mass is 10.1. The number of hydrogen-bond acceptors (Lipinski definition) is 18. The summed E-state index contributed by atoms with van der Waals surface area (Å²) in [4.78, 5) is 80.1. The molecule has 0 saturated carbocycles. The topological polar surface area (TPSA) is 228 Å². The molecule has 138 heavy (non-hydrogen) atoms. The van der Waals surface area contributed by atoms with E-state index in [0.717, 1.165) is 335 Å². The summed E-state index contributed by atoms with van der Waals surface area (Å²) < 4.78 is 33.5. The van der Waals surface area contributed by atoms with Crippen LogP contribution in [0.2, 0.25) is 0 Å². The van der Waals surface area contributed by atoms with Gasteiger partial charge in [0.25, 0.3) is 0 Å². The number of hydrogen-bond donors (Lipinski definition) is 3. The first-order chi connectivity index (χ1) is 67.7. The number of rotatable bonds is 107. The predicted molar refractivity (Wildman–Crippen MR) is 585 cm³/mol. The molecule has 18 nitrogen and oxygen atoms in total. The lowest BCUT2D eigenvalue weighted by Crippen LogP contribution is -2.29. The average Bonchev–Trinajstić information content (AvgIpc) is 0.919. The second-order valence-electron chi connectivity index (χ2n) is 39.7. The number of nitrogens with zero attached hydrogens (tertiary/aromatic N) is 3. The van der Waals surface area contributed by atoms with E-state index in [1.807, 2.05) is 0 Å². The van der Waals surface area contributed by atoms with Gasteiger partial charge in [0.1, 0.15) is 18.3 Å². The van der Waals surface area contributed by atoms with Gasteiger partial charge in [-0.3, -0.25) is 28.8 Å². The molecule has 0 bridgehead atoms. The molecule has 0 aliphatic carbocycles. The summed E-state index contributed by atoms with van der Waals surface area (Å²) in [5.74, 6) is -0.250. The van der Waals surface area contributed by atoms with E-state index >= 15 is 0 Å². The van der Waals surface area contributed by atoms with Crippen LogP contribution in [0.25, 0.3) is 0 Å². The van der Waals surface area contributed by atoms with Gasteiger partial charge in [0.15, 0.2) is 0 Å². The van der Waals surface area contributed by atoms with Gasteiger partial charge >= 0.3 is 35.8 Å². The molecule has 0 aromatic rings. The number of ether oxygens (including phenoxy) is 6. The molecule has 0 radical (unpaired) electrons. The minimum atomic E-state index is -0.0546. The molecule has 814 valence electrons. The zero-order valence-electron chi connectivity index (χ0n) is 92.4. The third-order valence-corrected chi connectivity index (χ3v) is 26.4. The van der Waals surface area contributed by atoms with Gasteiger partial charge < -0.3 is 58.4 Å². The van der Waals surface area contributed by atoms with Gasteiger partial charge in [0.05, 0.1) is 39.6 Å². The van der Waals surface area contributed by atoms with Crippen molar-refractivity contribution in [3.63, 3.8) is 0 Å². The van der Waals surface area contributed by atoms with Crippen LogP contribution in [0, 0.1) is 0 Å².